The molecule has 134 valence electrons. The Kier molecular flexibility index (Phi) is 5.29. The van der Waals surface area contributed by atoms with Crippen molar-refractivity contribution in [3.05, 3.63) is 69.9 Å². The van der Waals surface area contributed by atoms with Gasteiger partial charge >= 0.3 is 0 Å². The molecule has 0 aliphatic carbocycles. The molecule has 1 aromatic heterocycles. The van der Waals surface area contributed by atoms with Crippen LogP contribution in [0.1, 0.15) is 11.6 Å². The number of benzene rings is 2. The first kappa shape index (κ1) is 18.8. The van der Waals surface area contributed by atoms with Gasteiger partial charge in [0.05, 0.1) is 4.90 Å². The first-order valence-electron chi connectivity index (χ1n) is 7.39. The number of nitrogens with one attached hydrogen (secondary N) is 1. The summed E-state index contributed by atoms with van der Waals surface area (Å²) in [6.45, 7) is 0. The van der Waals surface area contributed by atoms with E-state index in [0.29, 0.717) is 25.8 Å². The molecule has 9 heteroatoms. The van der Waals surface area contributed by atoms with Crippen LogP contribution in [-0.2, 0) is 14.8 Å². The number of sulfonamides is 1. The molecular weight excluding hydrogens is 442 g/mol. The maximum atomic E-state index is 13.0. The fourth-order valence-electron chi connectivity index (χ4n) is 2.55. The van der Waals surface area contributed by atoms with E-state index in [-0.39, 0.29) is 4.90 Å². The number of hydrogen-bond donors (Lipinski definition) is 2. The van der Waals surface area contributed by atoms with Crippen LogP contribution in [0, 0.1) is 0 Å². The molecule has 3 N–H and O–H groups in total. The summed E-state index contributed by atoms with van der Waals surface area (Å²) in [4.78, 5) is 15.9. The van der Waals surface area contributed by atoms with Crippen LogP contribution in [0.5, 0.6) is 0 Å². The standard InChI is InChI=1S/C17H13BrClN3O3S/c18-13-9-21-8-11-2-1-3-14(15(11)13)26(24,25)22-16(17(20)23)10-4-6-12(19)7-5-10/h1-9,16,22H,(H2,20,23). The van der Waals surface area contributed by atoms with Crippen molar-refractivity contribution in [3.63, 3.8) is 0 Å². The lowest BCUT2D eigenvalue weighted by Crippen LogP contribution is -2.37. The van der Waals surface area contributed by atoms with Crippen molar-refractivity contribution >= 4 is 54.2 Å². The topological polar surface area (TPSA) is 102 Å². The van der Waals surface area contributed by atoms with E-state index in [2.05, 4.69) is 25.6 Å². The Morgan fingerprint density at radius 1 is 1.15 bits per heavy atom. The highest BCUT2D eigenvalue weighted by Crippen LogP contribution is 2.30. The number of pyridine rings is 1. The van der Waals surface area contributed by atoms with E-state index in [1.807, 2.05) is 0 Å². The maximum absolute atomic E-state index is 13.0. The molecule has 0 spiro atoms. The number of fused-ring (bicyclic) bond motifs is 1. The molecular formula is C17H13BrClN3O3S. The van der Waals surface area contributed by atoms with Gasteiger partial charge in [0.15, 0.2) is 0 Å². The summed E-state index contributed by atoms with van der Waals surface area (Å²) in [5.74, 6) is -0.822. The second-order valence-corrected chi connectivity index (χ2v) is 8.46. The highest BCUT2D eigenvalue weighted by Gasteiger charge is 2.27. The number of rotatable bonds is 5. The minimum absolute atomic E-state index is 0.0180. The number of nitrogens with zero attached hydrogens (tertiary/aromatic N) is 1. The third-order valence-electron chi connectivity index (χ3n) is 3.75. The number of amides is 1. The van der Waals surface area contributed by atoms with Crippen LogP contribution >= 0.6 is 27.5 Å². The number of carbonyl (C=O) groups is 1. The van der Waals surface area contributed by atoms with E-state index in [4.69, 9.17) is 17.3 Å². The van der Waals surface area contributed by atoms with Crippen LogP contribution in [-0.4, -0.2) is 19.3 Å². The van der Waals surface area contributed by atoms with E-state index in [1.165, 1.54) is 12.3 Å². The van der Waals surface area contributed by atoms with E-state index < -0.39 is 22.0 Å². The van der Waals surface area contributed by atoms with Crippen molar-refractivity contribution < 1.29 is 13.2 Å². The first-order chi connectivity index (χ1) is 12.3. The van der Waals surface area contributed by atoms with Gasteiger partial charge in [-0.05, 0) is 39.7 Å². The molecule has 3 rings (SSSR count). The molecule has 6 nitrogen and oxygen atoms in total. The average Bonchev–Trinajstić information content (AvgIpc) is 2.60. The molecule has 1 heterocycles. The van der Waals surface area contributed by atoms with Gasteiger partial charge in [-0.15, -0.1) is 0 Å². The molecule has 1 amide bonds. The average molecular weight is 455 g/mol. The third-order valence-corrected chi connectivity index (χ3v) is 6.07. The third kappa shape index (κ3) is 3.73. The van der Waals surface area contributed by atoms with Gasteiger partial charge < -0.3 is 5.73 Å². The van der Waals surface area contributed by atoms with Crippen LogP contribution < -0.4 is 10.5 Å². The summed E-state index contributed by atoms with van der Waals surface area (Å²) in [7, 11) is -4.05. The van der Waals surface area contributed by atoms with Crippen LogP contribution in [0.2, 0.25) is 5.02 Å². The highest BCUT2D eigenvalue weighted by molar-refractivity contribution is 9.10. The number of primary amides is 1. The smallest absolute Gasteiger partial charge is 0.242 e. The molecule has 3 aromatic rings. The van der Waals surface area contributed by atoms with Crippen molar-refractivity contribution in [3.8, 4) is 0 Å². The first-order valence-corrected chi connectivity index (χ1v) is 10.0. The Hall–Kier alpha value is -2.00. The van der Waals surface area contributed by atoms with E-state index in [1.54, 1.807) is 42.6 Å². The number of aromatic nitrogens is 1. The predicted molar refractivity (Wildman–Crippen MR) is 103 cm³/mol. The van der Waals surface area contributed by atoms with Gasteiger partial charge in [-0.25, -0.2) is 8.42 Å². The van der Waals surface area contributed by atoms with Gasteiger partial charge in [-0.1, -0.05) is 35.9 Å². The van der Waals surface area contributed by atoms with Crippen LogP contribution in [0.15, 0.2) is 64.2 Å². The number of hydrogen-bond acceptors (Lipinski definition) is 4. The minimum Gasteiger partial charge on any atom is -0.368 e. The quantitative estimate of drug-likeness (QED) is 0.618. The molecule has 0 bridgehead atoms. The molecule has 1 atom stereocenters. The van der Waals surface area contributed by atoms with E-state index >= 15 is 0 Å². The lowest BCUT2D eigenvalue weighted by molar-refractivity contribution is -0.119. The van der Waals surface area contributed by atoms with Crippen molar-refractivity contribution in [2.45, 2.75) is 10.9 Å². The largest absolute Gasteiger partial charge is 0.368 e. The normalized spacial score (nSPS) is 12.8. The van der Waals surface area contributed by atoms with Gasteiger partial charge in [-0.2, -0.15) is 4.72 Å². The summed E-state index contributed by atoms with van der Waals surface area (Å²) in [6, 6.07) is 9.78. The highest BCUT2D eigenvalue weighted by atomic mass is 79.9. The Bertz CT molecular complexity index is 1080. The lowest BCUT2D eigenvalue weighted by atomic mass is 10.1. The van der Waals surface area contributed by atoms with Gasteiger partial charge in [0.25, 0.3) is 0 Å². The molecule has 2 aromatic carbocycles. The monoisotopic (exact) mass is 453 g/mol. The number of nitrogens with two attached hydrogens (primary N) is 1. The SMILES string of the molecule is NC(=O)C(NS(=O)(=O)c1cccc2cncc(Br)c12)c1ccc(Cl)cc1. The number of halogens is 2. The molecule has 0 aliphatic rings. The second kappa shape index (κ2) is 7.32. The second-order valence-electron chi connectivity index (χ2n) is 5.48. The fraction of sp³-hybridized carbons (Fsp3) is 0.0588. The van der Waals surface area contributed by atoms with Gasteiger partial charge in [0.1, 0.15) is 6.04 Å². The van der Waals surface area contributed by atoms with E-state index in [9.17, 15) is 13.2 Å². The summed E-state index contributed by atoms with van der Waals surface area (Å²) in [6.07, 6.45) is 3.07. The molecule has 1 unspecified atom stereocenters. The van der Waals surface area contributed by atoms with Crippen LogP contribution in [0.4, 0.5) is 0 Å². The molecule has 0 saturated heterocycles. The summed E-state index contributed by atoms with van der Waals surface area (Å²) < 4.78 is 28.8. The van der Waals surface area contributed by atoms with E-state index in [0.717, 1.165) is 0 Å². The van der Waals surface area contributed by atoms with Crippen molar-refractivity contribution in [1.29, 1.82) is 0 Å². The summed E-state index contributed by atoms with van der Waals surface area (Å²) in [5, 5.41) is 1.57. The molecule has 0 radical (unpaired) electrons. The van der Waals surface area contributed by atoms with Crippen molar-refractivity contribution in [2.24, 2.45) is 5.73 Å². The zero-order valence-corrected chi connectivity index (χ0v) is 16.3. The lowest BCUT2D eigenvalue weighted by Gasteiger charge is -2.17. The maximum Gasteiger partial charge on any atom is 0.242 e. The van der Waals surface area contributed by atoms with Gasteiger partial charge in [-0.3, -0.25) is 9.78 Å². The van der Waals surface area contributed by atoms with Crippen LogP contribution in [0.25, 0.3) is 10.8 Å². The van der Waals surface area contributed by atoms with Gasteiger partial charge in [0.2, 0.25) is 15.9 Å². The van der Waals surface area contributed by atoms with Crippen LogP contribution in [0.3, 0.4) is 0 Å². The molecule has 26 heavy (non-hydrogen) atoms. The molecule has 0 saturated carbocycles. The summed E-state index contributed by atoms with van der Waals surface area (Å²) in [5.41, 5.74) is 5.81. The van der Waals surface area contributed by atoms with Crippen molar-refractivity contribution in [1.82, 2.24) is 9.71 Å². The minimum atomic E-state index is -4.05. The molecule has 0 fully saturated rings. The Morgan fingerprint density at radius 2 is 1.85 bits per heavy atom. The summed E-state index contributed by atoms with van der Waals surface area (Å²) >= 11 is 9.17. The molecule has 0 aliphatic heterocycles. The fourth-order valence-corrected chi connectivity index (χ4v) is 4.81. The Morgan fingerprint density at radius 3 is 2.50 bits per heavy atom. The van der Waals surface area contributed by atoms with Crippen molar-refractivity contribution in [2.75, 3.05) is 0 Å². The Labute approximate surface area is 163 Å². The van der Waals surface area contributed by atoms with Gasteiger partial charge in [0, 0.05) is 32.7 Å². The predicted octanol–water partition coefficient (Wildman–Crippen LogP) is 3.16. The zero-order valence-electron chi connectivity index (χ0n) is 13.2. The Balaban J connectivity index is 2.08. The number of carbonyl (C=O) groups excluding carboxylic acids is 1. The zero-order chi connectivity index (χ0) is 18.9.